The standard InChI is InChI=1S/C20H24N2O4/c23-19(22-9-11-25-12-10-22)15-5-7-21(8-6-15)20(24)17-13-16-3-1-2-4-18(16)26-14-17/h1-4,13,15H,5-12,14H2. The van der Waals surface area contributed by atoms with Gasteiger partial charge in [0.25, 0.3) is 5.91 Å². The number of amides is 2. The van der Waals surface area contributed by atoms with Crippen LogP contribution in [0, 0.1) is 5.92 Å². The van der Waals surface area contributed by atoms with Gasteiger partial charge in [0, 0.05) is 37.7 Å². The van der Waals surface area contributed by atoms with Gasteiger partial charge in [0.1, 0.15) is 12.4 Å². The maximum atomic E-state index is 12.8. The lowest BCUT2D eigenvalue weighted by Gasteiger charge is -2.36. The zero-order valence-corrected chi connectivity index (χ0v) is 14.9. The molecule has 3 aliphatic heterocycles. The van der Waals surface area contributed by atoms with Crippen LogP contribution in [-0.4, -0.2) is 67.6 Å². The number of ether oxygens (including phenoxy) is 2. The summed E-state index contributed by atoms with van der Waals surface area (Å²) >= 11 is 0. The van der Waals surface area contributed by atoms with E-state index in [1.54, 1.807) is 0 Å². The second kappa shape index (κ2) is 7.50. The molecule has 0 aliphatic carbocycles. The zero-order chi connectivity index (χ0) is 17.9. The van der Waals surface area contributed by atoms with E-state index in [1.165, 1.54) is 0 Å². The Morgan fingerprint density at radius 1 is 0.962 bits per heavy atom. The second-order valence-corrected chi connectivity index (χ2v) is 7.00. The Balaban J connectivity index is 1.35. The Morgan fingerprint density at radius 2 is 1.69 bits per heavy atom. The number of morpholine rings is 1. The lowest BCUT2D eigenvalue weighted by Crippen LogP contribution is -2.48. The van der Waals surface area contributed by atoms with Gasteiger partial charge in [0.15, 0.2) is 0 Å². The van der Waals surface area contributed by atoms with E-state index < -0.39 is 0 Å². The summed E-state index contributed by atoms with van der Waals surface area (Å²) in [6.45, 7) is 4.17. The molecule has 1 aromatic carbocycles. The maximum Gasteiger partial charge on any atom is 0.253 e. The summed E-state index contributed by atoms with van der Waals surface area (Å²) in [6.07, 6.45) is 3.38. The van der Waals surface area contributed by atoms with Gasteiger partial charge in [-0.05, 0) is 25.0 Å². The number of likely N-dealkylation sites (tertiary alicyclic amines) is 1. The molecule has 0 saturated carbocycles. The van der Waals surface area contributed by atoms with Crippen molar-refractivity contribution in [3.63, 3.8) is 0 Å². The molecule has 26 heavy (non-hydrogen) atoms. The SMILES string of the molecule is O=C(C1=Cc2ccccc2OC1)N1CCC(C(=O)N2CCOCC2)CC1. The second-order valence-electron chi connectivity index (χ2n) is 7.00. The minimum absolute atomic E-state index is 0.0226. The Labute approximate surface area is 153 Å². The average molecular weight is 356 g/mol. The van der Waals surface area contributed by atoms with E-state index in [9.17, 15) is 9.59 Å². The molecule has 0 bridgehead atoms. The summed E-state index contributed by atoms with van der Waals surface area (Å²) in [5, 5.41) is 0. The fourth-order valence-electron chi connectivity index (χ4n) is 3.81. The molecule has 3 aliphatic rings. The molecule has 138 valence electrons. The molecule has 1 aromatic rings. The molecule has 0 unspecified atom stereocenters. The number of piperidine rings is 1. The van der Waals surface area contributed by atoms with Crippen molar-refractivity contribution in [2.24, 2.45) is 5.92 Å². The van der Waals surface area contributed by atoms with E-state index in [1.807, 2.05) is 40.1 Å². The highest BCUT2D eigenvalue weighted by molar-refractivity contribution is 5.99. The third-order valence-corrected chi connectivity index (χ3v) is 5.36. The zero-order valence-electron chi connectivity index (χ0n) is 14.9. The number of hydrogen-bond acceptors (Lipinski definition) is 4. The van der Waals surface area contributed by atoms with Crippen molar-refractivity contribution in [3.8, 4) is 5.75 Å². The molecule has 6 nitrogen and oxygen atoms in total. The first-order valence-corrected chi connectivity index (χ1v) is 9.30. The van der Waals surface area contributed by atoms with E-state index >= 15 is 0 Å². The number of fused-ring (bicyclic) bond motifs is 1. The van der Waals surface area contributed by atoms with Crippen LogP contribution in [0.3, 0.4) is 0 Å². The highest BCUT2D eigenvalue weighted by Crippen LogP contribution is 2.28. The first-order chi connectivity index (χ1) is 12.7. The van der Waals surface area contributed by atoms with Gasteiger partial charge in [-0.25, -0.2) is 0 Å². The molecule has 2 amide bonds. The van der Waals surface area contributed by atoms with E-state index in [4.69, 9.17) is 9.47 Å². The summed E-state index contributed by atoms with van der Waals surface area (Å²) in [7, 11) is 0. The van der Waals surface area contributed by atoms with Gasteiger partial charge >= 0.3 is 0 Å². The molecular formula is C20H24N2O4. The quantitative estimate of drug-likeness (QED) is 0.807. The van der Waals surface area contributed by atoms with Crippen LogP contribution in [0.25, 0.3) is 6.08 Å². The van der Waals surface area contributed by atoms with Gasteiger partial charge in [0.2, 0.25) is 5.91 Å². The Kier molecular flexibility index (Phi) is 4.93. The third-order valence-electron chi connectivity index (χ3n) is 5.36. The van der Waals surface area contributed by atoms with E-state index in [0.29, 0.717) is 51.6 Å². The van der Waals surface area contributed by atoms with Crippen LogP contribution in [0.5, 0.6) is 5.75 Å². The van der Waals surface area contributed by atoms with E-state index in [0.717, 1.165) is 24.2 Å². The molecule has 0 spiro atoms. The van der Waals surface area contributed by atoms with Crippen molar-refractivity contribution >= 4 is 17.9 Å². The molecule has 3 heterocycles. The number of rotatable bonds is 2. The van der Waals surface area contributed by atoms with E-state index in [-0.39, 0.29) is 17.7 Å². The van der Waals surface area contributed by atoms with Gasteiger partial charge in [-0.3, -0.25) is 9.59 Å². The van der Waals surface area contributed by atoms with Gasteiger partial charge in [0.05, 0.1) is 18.8 Å². The van der Waals surface area contributed by atoms with Gasteiger partial charge in [-0.15, -0.1) is 0 Å². The lowest BCUT2D eigenvalue weighted by atomic mass is 9.94. The van der Waals surface area contributed by atoms with Crippen molar-refractivity contribution in [1.29, 1.82) is 0 Å². The smallest absolute Gasteiger partial charge is 0.253 e. The van der Waals surface area contributed by atoms with Crippen LogP contribution in [-0.2, 0) is 14.3 Å². The Bertz CT molecular complexity index is 716. The Hall–Kier alpha value is -2.34. The number of benzene rings is 1. The van der Waals surface area contributed by atoms with Crippen LogP contribution in [0.1, 0.15) is 18.4 Å². The van der Waals surface area contributed by atoms with Crippen LogP contribution >= 0.6 is 0 Å². The summed E-state index contributed by atoms with van der Waals surface area (Å²) < 4.78 is 11.0. The van der Waals surface area contributed by atoms with Crippen LogP contribution in [0.4, 0.5) is 0 Å². The summed E-state index contributed by atoms with van der Waals surface area (Å²) in [4.78, 5) is 29.2. The summed E-state index contributed by atoms with van der Waals surface area (Å²) in [5.41, 5.74) is 1.63. The highest BCUT2D eigenvalue weighted by Gasteiger charge is 2.32. The van der Waals surface area contributed by atoms with Gasteiger partial charge < -0.3 is 19.3 Å². The molecule has 0 aromatic heterocycles. The number of carbonyl (C=O) groups excluding carboxylic acids is 2. The predicted molar refractivity (Wildman–Crippen MR) is 96.6 cm³/mol. The average Bonchev–Trinajstić information content (AvgIpc) is 2.73. The summed E-state index contributed by atoms with van der Waals surface area (Å²) in [6, 6.07) is 7.73. The molecule has 6 heteroatoms. The maximum absolute atomic E-state index is 12.8. The minimum Gasteiger partial charge on any atom is -0.488 e. The van der Waals surface area contributed by atoms with Gasteiger partial charge in [-0.1, -0.05) is 18.2 Å². The number of carbonyl (C=O) groups is 2. The van der Waals surface area contributed by atoms with Crippen molar-refractivity contribution in [3.05, 3.63) is 35.4 Å². The van der Waals surface area contributed by atoms with Crippen molar-refractivity contribution in [2.75, 3.05) is 46.0 Å². The lowest BCUT2D eigenvalue weighted by molar-refractivity contribution is -0.143. The normalized spacial score (nSPS) is 20.8. The predicted octanol–water partition coefficient (Wildman–Crippen LogP) is 1.56. The fraction of sp³-hybridized carbons (Fsp3) is 0.500. The number of para-hydroxylation sites is 1. The van der Waals surface area contributed by atoms with Gasteiger partial charge in [-0.2, -0.15) is 0 Å². The first-order valence-electron chi connectivity index (χ1n) is 9.30. The van der Waals surface area contributed by atoms with Crippen molar-refractivity contribution < 1.29 is 19.1 Å². The van der Waals surface area contributed by atoms with Crippen molar-refractivity contribution in [1.82, 2.24) is 9.80 Å². The molecular weight excluding hydrogens is 332 g/mol. The number of hydrogen-bond donors (Lipinski definition) is 0. The minimum atomic E-state index is 0.0226. The van der Waals surface area contributed by atoms with Crippen LogP contribution < -0.4 is 4.74 Å². The highest BCUT2D eigenvalue weighted by atomic mass is 16.5. The third kappa shape index (κ3) is 3.46. The molecule has 2 fully saturated rings. The first kappa shape index (κ1) is 17.1. The monoisotopic (exact) mass is 356 g/mol. The van der Waals surface area contributed by atoms with Crippen LogP contribution in [0.15, 0.2) is 29.8 Å². The molecule has 4 rings (SSSR count). The van der Waals surface area contributed by atoms with Crippen molar-refractivity contribution in [2.45, 2.75) is 12.8 Å². The fourth-order valence-corrected chi connectivity index (χ4v) is 3.81. The molecule has 0 radical (unpaired) electrons. The molecule has 2 saturated heterocycles. The summed E-state index contributed by atoms with van der Waals surface area (Å²) in [5.74, 6) is 1.08. The largest absolute Gasteiger partial charge is 0.488 e. The van der Waals surface area contributed by atoms with Crippen LogP contribution in [0.2, 0.25) is 0 Å². The Morgan fingerprint density at radius 3 is 2.46 bits per heavy atom. The molecule has 0 atom stereocenters. The number of nitrogens with zero attached hydrogens (tertiary/aromatic N) is 2. The topological polar surface area (TPSA) is 59.1 Å². The molecule has 0 N–H and O–H groups in total. The van der Waals surface area contributed by atoms with E-state index in [2.05, 4.69) is 0 Å².